The molecule has 0 radical (unpaired) electrons. The number of pyridine rings is 1. The fourth-order valence-corrected chi connectivity index (χ4v) is 2.24. The minimum absolute atomic E-state index is 0.552. The van der Waals surface area contributed by atoms with Gasteiger partial charge in [0.15, 0.2) is 0 Å². The Morgan fingerprint density at radius 3 is 2.52 bits per heavy atom. The SMILES string of the molecule is Clc1ccccc1CNc1nccc(NCc2ccccn2)n1. The van der Waals surface area contributed by atoms with Gasteiger partial charge in [0.2, 0.25) is 5.95 Å². The number of benzene rings is 1. The summed E-state index contributed by atoms with van der Waals surface area (Å²) in [6.07, 6.45) is 3.48. The van der Waals surface area contributed by atoms with Gasteiger partial charge in [0, 0.05) is 24.0 Å². The van der Waals surface area contributed by atoms with Crippen molar-refractivity contribution >= 4 is 23.4 Å². The lowest BCUT2D eigenvalue weighted by molar-refractivity contribution is 1.01. The van der Waals surface area contributed by atoms with Crippen LogP contribution in [0.4, 0.5) is 11.8 Å². The van der Waals surface area contributed by atoms with E-state index in [0.29, 0.717) is 19.0 Å². The van der Waals surface area contributed by atoms with Gasteiger partial charge in [-0.1, -0.05) is 35.9 Å². The molecule has 3 rings (SSSR count). The summed E-state index contributed by atoms with van der Waals surface area (Å²) in [6.45, 7) is 1.19. The fourth-order valence-electron chi connectivity index (χ4n) is 2.04. The molecule has 0 saturated heterocycles. The monoisotopic (exact) mass is 325 g/mol. The van der Waals surface area contributed by atoms with Crippen LogP contribution in [-0.2, 0) is 13.1 Å². The molecule has 0 unspecified atom stereocenters. The first-order valence-corrected chi connectivity index (χ1v) is 7.63. The molecule has 0 aliphatic carbocycles. The number of halogens is 1. The molecule has 0 fully saturated rings. The third-order valence-electron chi connectivity index (χ3n) is 3.23. The lowest BCUT2D eigenvalue weighted by Gasteiger charge is -2.09. The predicted molar refractivity (Wildman–Crippen MR) is 92.4 cm³/mol. The van der Waals surface area contributed by atoms with Gasteiger partial charge in [0.25, 0.3) is 0 Å². The Hall–Kier alpha value is -2.66. The van der Waals surface area contributed by atoms with Gasteiger partial charge in [-0.05, 0) is 29.8 Å². The smallest absolute Gasteiger partial charge is 0.224 e. The molecule has 0 spiro atoms. The molecule has 5 nitrogen and oxygen atoms in total. The molecule has 0 amide bonds. The molecule has 0 aliphatic heterocycles. The number of nitrogens with one attached hydrogen (secondary N) is 2. The summed E-state index contributed by atoms with van der Waals surface area (Å²) in [5.74, 6) is 1.29. The molecule has 2 heterocycles. The lowest BCUT2D eigenvalue weighted by atomic mass is 10.2. The number of aromatic nitrogens is 3. The van der Waals surface area contributed by atoms with Crippen LogP contribution in [0.3, 0.4) is 0 Å². The van der Waals surface area contributed by atoms with Crippen LogP contribution < -0.4 is 10.6 Å². The lowest BCUT2D eigenvalue weighted by Crippen LogP contribution is -2.07. The van der Waals surface area contributed by atoms with E-state index in [2.05, 4.69) is 25.6 Å². The van der Waals surface area contributed by atoms with E-state index in [0.717, 1.165) is 22.1 Å². The van der Waals surface area contributed by atoms with Gasteiger partial charge in [-0.15, -0.1) is 0 Å². The normalized spacial score (nSPS) is 10.3. The van der Waals surface area contributed by atoms with Crippen molar-refractivity contribution in [3.63, 3.8) is 0 Å². The second-order valence-electron chi connectivity index (χ2n) is 4.89. The summed E-state index contributed by atoms with van der Waals surface area (Å²) in [7, 11) is 0. The largest absolute Gasteiger partial charge is 0.364 e. The second-order valence-corrected chi connectivity index (χ2v) is 5.29. The topological polar surface area (TPSA) is 62.7 Å². The van der Waals surface area contributed by atoms with Crippen molar-refractivity contribution in [2.75, 3.05) is 10.6 Å². The molecule has 2 N–H and O–H groups in total. The van der Waals surface area contributed by atoms with E-state index in [1.54, 1.807) is 12.4 Å². The zero-order valence-electron chi connectivity index (χ0n) is 12.4. The van der Waals surface area contributed by atoms with Crippen molar-refractivity contribution in [1.29, 1.82) is 0 Å². The summed E-state index contributed by atoms with van der Waals surface area (Å²) in [5.41, 5.74) is 1.96. The molecule has 23 heavy (non-hydrogen) atoms. The zero-order valence-corrected chi connectivity index (χ0v) is 13.2. The first-order chi connectivity index (χ1) is 11.3. The minimum atomic E-state index is 0.552. The summed E-state index contributed by atoms with van der Waals surface area (Å²) < 4.78 is 0. The Kier molecular flexibility index (Phi) is 5.01. The Morgan fingerprint density at radius 2 is 1.70 bits per heavy atom. The first kappa shape index (κ1) is 15.2. The van der Waals surface area contributed by atoms with Crippen LogP contribution in [0.5, 0.6) is 0 Å². The molecule has 0 atom stereocenters. The van der Waals surface area contributed by atoms with Crippen molar-refractivity contribution in [2.24, 2.45) is 0 Å². The van der Waals surface area contributed by atoms with Crippen molar-refractivity contribution < 1.29 is 0 Å². The highest BCUT2D eigenvalue weighted by Gasteiger charge is 2.02. The van der Waals surface area contributed by atoms with Crippen LogP contribution in [0.2, 0.25) is 5.02 Å². The molecule has 116 valence electrons. The Bertz CT molecular complexity index is 764. The van der Waals surface area contributed by atoms with E-state index >= 15 is 0 Å². The standard InChI is InChI=1S/C17H16ClN5/c18-15-7-2-1-5-13(15)11-22-17-20-10-8-16(23-17)21-12-14-6-3-4-9-19-14/h1-10H,11-12H2,(H2,20,21,22,23). The van der Waals surface area contributed by atoms with Gasteiger partial charge in [-0.2, -0.15) is 4.98 Å². The van der Waals surface area contributed by atoms with Crippen LogP contribution in [0, 0.1) is 0 Å². The molecule has 1 aromatic carbocycles. The van der Waals surface area contributed by atoms with Crippen LogP contribution >= 0.6 is 11.6 Å². The Balaban J connectivity index is 1.60. The molecule has 0 bridgehead atoms. The number of hydrogen-bond donors (Lipinski definition) is 2. The van der Waals surface area contributed by atoms with Gasteiger partial charge in [-0.3, -0.25) is 4.98 Å². The van der Waals surface area contributed by atoms with Crippen LogP contribution in [0.1, 0.15) is 11.3 Å². The molecule has 0 saturated carbocycles. The Morgan fingerprint density at radius 1 is 0.826 bits per heavy atom. The molecule has 3 aromatic rings. The van der Waals surface area contributed by atoms with Crippen molar-refractivity contribution in [2.45, 2.75) is 13.1 Å². The van der Waals surface area contributed by atoms with Crippen molar-refractivity contribution in [1.82, 2.24) is 15.0 Å². The highest BCUT2D eigenvalue weighted by atomic mass is 35.5. The molecule has 0 aliphatic rings. The van der Waals surface area contributed by atoms with E-state index < -0.39 is 0 Å². The summed E-state index contributed by atoms with van der Waals surface area (Å²) in [6, 6.07) is 15.3. The van der Waals surface area contributed by atoms with E-state index in [-0.39, 0.29) is 0 Å². The number of anilines is 2. The average Bonchev–Trinajstić information content (AvgIpc) is 2.61. The maximum absolute atomic E-state index is 6.14. The van der Waals surface area contributed by atoms with Crippen molar-refractivity contribution in [3.8, 4) is 0 Å². The minimum Gasteiger partial charge on any atom is -0.364 e. The number of rotatable bonds is 6. The van der Waals surface area contributed by atoms with Gasteiger partial charge >= 0.3 is 0 Å². The molecule has 6 heteroatoms. The maximum Gasteiger partial charge on any atom is 0.224 e. The third kappa shape index (κ3) is 4.40. The van der Waals surface area contributed by atoms with Crippen LogP contribution in [0.15, 0.2) is 60.9 Å². The summed E-state index contributed by atoms with van der Waals surface area (Å²) in [4.78, 5) is 12.9. The quantitative estimate of drug-likeness (QED) is 0.722. The maximum atomic E-state index is 6.14. The highest BCUT2D eigenvalue weighted by Crippen LogP contribution is 2.16. The van der Waals surface area contributed by atoms with Gasteiger partial charge in [0.05, 0.1) is 12.2 Å². The van der Waals surface area contributed by atoms with Gasteiger partial charge in [-0.25, -0.2) is 4.98 Å². The molecule has 2 aromatic heterocycles. The molecular weight excluding hydrogens is 310 g/mol. The van der Waals surface area contributed by atoms with E-state index in [4.69, 9.17) is 11.6 Å². The first-order valence-electron chi connectivity index (χ1n) is 7.25. The summed E-state index contributed by atoms with van der Waals surface area (Å²) in [5, 5.41) is 7.14. The number of hydrogen-bond acceptors (Lipinski definition) is 5. The van der Waals surface area contributed by atoms with E-state index in [1.165, 1.54) is 0 Å². The third-order valence-corrected chi connectivity index (χ3v) is 3.60. The molecular formula is C17H16ClN5. The van der Waals surface area contributed by atoms with Crippen molar-refractivity contribution in [3.05, 3.63) is 77.2 Å². The zero-order chi connectivity index (χ0) is 15.9. The van der Waals surface area contributed by atoms with E-state index in [1.807, 2.05) is 48.5 Å². The number of nitrogens with zero attached hydrogens (tertiary/aromatic N) is 3. The summed E-state index contributed by atoms with van der Waals surface area (Å²) >= 11 is 6.14. The van der Waals surface area contributed by atoms with Gasteiger partial charge < -0.3 is 10.6 Å². The predicted octanol–water partition coefficient (Wildman–Crippen LogP) is 3.75. The average molecular weight is 326 g/mol. The Labute approximate surface area is 139 Å². The fraction of sp³-hybridized carbons (Fsp3) is 0.118. The van der Waals surface area contributed by atoms with Crippen LogP contribution in [-0.4, -0.2) is 15.0 Å². The second kappa shape index (κ2) is 7.56. The highest BCUT2D eigenvalue weighted by molar-refractivity contribution is 6.31. The van der Waals surface area contributed by atoms with E-state index in [9.17, 15) is 0 Å². The van der Waals surface area contributed by atoms with Crippen LogP contribution in [0.25, 0.3) is 0 Å². The van der Waals surface area contributed by atoms with Gasteiger partial charge in [0.1, 0.15) is 5.82 Å².